The summed E-state index contributed by atoms with van der Waals surface area (Å²) < 4.78 is 6.93. The summed E-state index contributed by atoms with van der Waals surface area (Å²) in [6.45, 7) is 0. The van der Waals surface area contributed by atoms with Crippen LogP contribution in [-0.2, 0) is 0 Å². The Hall–Kier alpha value is -3.40. The second-order valence-electron chi connectivity index (χ2n) is 5.70. The second-order valence-corrected chi connectivity index (χ2v) is 5.70. The molecule has 0 spiro atoms. The van der Waals surface area contributed by atoms with Crippen LogP contribution in [0.3, 0.4) is 0 Å². The molecule has 0 aliphatic rings. The van der Waals surface area contributed by atoms with E-state index in [0.717, 1.165) is 0 Å². The molecule has 0 saturated carbocycles. The van der Waals surface area contributed by atoms with E-state index >= 15 is 0 Å². The van der Waals surface area contributed by atoms with Crippen molar-refractivity contribution in [2.45, 2.75) is 0 Å². The Morgan fingerprint density at radius 2 is 1.32 bits per heavy atom. The third-order valence-corrected chi connectivity index (χ3v) is 4.32. The fourth-order valence-electron chi connectivity index (χ4n) is 3.16. The molecule has 4 rings (SSSR count). The lowest BCUT2D eigenvalue weighted by Gasteiger charge is -2.15. The van der Waals surface area contributed by atoms with Crippen molar-refractivity contribution in [3.63, 3.8) is 0 Å². The van der Waals surface area contributed by atoms with Gasteiger partial charge in [-0.05, 0) is 36.4 Å². The molecule has 0 aliphatic carbocycles. The van der Waals surface area contributed by atoms with E-state index in [9.17, 15) is 9.59 Å². The lowest BCUT2D eigenvalue weighted by Crippen LogP contribution is -2.19. The molecule has 4 aromatic rings. The molecule has 4 nitrogen and oxygen atoms in total. The van der Waals surface area contributed by atoms with E-state index in [4.69, 9.17) is 4.74 Å². The average Bonchev–Trinajstić information content (AvgIpc) is 2.68. The summed E-state index contributed by atoms with van der Waals surface area (Å²) in [5, 5.41) is 1.04. The van der Waals surface area contributed by atoms with Crippen LogP contribution in [0.5, 0.6) is 5.75 Å². The van der Waals surface area contributed by atoms with Crippen molar-refractivity contribution in [1.82, 2.24) is 4.57 Å². The van der Waals surface area contributed by atoms with Gasteiger partial charge in [0.25, 0.3) is 5.91 Å². The smallest absolute Gasteiger partial charge is 0.266 e. The quantitative estimate of drug-likeness (QED) is 0.525. The van der Waals surface area contributed by atoms with E-state index in [1.807, 2.05) is 18.2 Å². The lowest BCUT2D eigenvalue weighted by atomic mass is 10.1. The average molecular weight is 329 g/mol. The van der Waals surface area contributed by atoms with Gasteiger partial charge in [-0.15, -0.1) is 0 Å². The van der Waals surface area contributed by atoms with Gasteiger partial charge >= 0.3 is 0 Å². The zero-order chi connectivity index (χ0) is 17.4. The van der Waals surface area contributed by atoms with Crippen LogP contribution in [0.25, 0.3) is 21.8 Å². The van der Waals surface area contributed by atoms with Crippen molar-refractivity contribution in [1.29, 1.82) is 0 Å². The molecular formula is C21H15NO3. The Labute approximate surface area is 143 Å². The highest BCUT2D eigenvalue weighted by Crippen LogP contribution is 2.24. The molecule has 0 saturated heterocycles. The molecule has 0 unspecified atom stereocenters. The SMILES string of the molecule is COc1ccccc1C(=O)n1c2ccccc2c(=O)c2ccccc21. The molecule has 0 radical (unpaired) electrons. The van der Waals surface area contributed by atoms with Gasteiger partial charge in [0, 0.05) is 10.8 Å². The van der Waals surface area contributed by atoms with Crippen LogP contribution in [0.1, 0.15) is 10.4 Å². The number of carbonyl (C=O) groups is 1. The van der Waals surface area contributed by atoms with E-state index in [0.29, 0.717) is 33.1 Å². The molecule has 1 heterocycles. The van der Waals surface area contributed by atoms with Crippen molar-refractivity contribution in [3.8, 4) is 5.75 Å². The predicted octanol–water partition coefficient (Wildman–Crippen LogP) is 3.85. The van der Waals surface area contributed by atoms with Gasteiger partial charge in [0.05, 0.1) is 23.7 Å². The van der Waals surface area contributed by atoms with Crippen molar-refractivity contribution in [2.24, 2.45) is 0 Å². The zero-order valence-electron chi connectivity index (χ0n) is 13.6. The topological polar surface area (TPSA) is 48.3 Å². The molecule has 0 aliphatic heterocycles. The summed E-state index contributed by atoms with van der Waals surface area (Å²) in [5.74, 6) is 0.268. The van der Waals surface area contributed by atoms with Crippen LogP contribution >= 0.6 is 0 Å². The largest absolute Gasteiger partial charge is 0.496 e. The van der Waals surface area contributed by atoms with Crippen LogP contribution in [0.2, 0.25) is 0 Å². The van der Waals surface area contributed by atoms with Gasteiger partial charge in [-0.25, -0.2) is 0 Å². The summed E-state index contributed by atoms with van der Waals surface area (Å²) in [7, 11) is 1.54. The number of aromatic nitrogens is 1. The van der Waals surface area contributed by atoms with Gasteiger partial charge < -0.3 is 4.74 Å². The van der Waals surface area contributed by atoms with Gasteiger partial charge in [-0.3, -0.25) is 14.2 Å². The highest BCUT2D eigenvalue weighted by Gasteiger charge is 2.19. The molecule has 0 atom stereocenters. The Balaban J connectivity index is 2.14. The molecule has 0 amide bonds. The number of methoxy groups -OCH3 is 1. The first-order valence-corrected chi connectivity index (χ1v) is 7.92. The minimum Gasteiger partial charge on any atom is -0.496 e. The highest BCUT2D eigenvalue weighted by atomic mass is 16.5. The first kappa shape index (κ1) is 15.1. The molecule has 25 heavy (non-hydrogen) atoms. The van der Waals surface area contributed by atoms with E-state index < -0.39 is 0 Å². The van der Waals surface area contributed by atoms with Crippen LogP contribution in [0.4, 0.5) is 0 Å². The molecular weight excluding hydrogens is 314 g/mol. The maximum Gasteiger partial charge on any atom is 0.266 e. The Morgan fingerprint density at radius 1 is 0.800 bits per heavy atom. The number of para-hydroxylation sites is 3. The first-order valence-electron chi connectivity index (χ1n) is 7.92. The van der Waals surface area contributed by atoms with Gasteiger partial charge in [-0.1, -0.05) is 36.4 Å². The summed E-state index contributed by atoms with van der Waals surface area (Å²) in [6, 6.07) is 21.4. The van der Waals surface area contributed by atoms with E-state index in [-0.39, 0.29) is 11.3 Å². The van der Waals surface area contributed by atoms with Crippen molar-refractivity contribution in [3.05, 3.63) is 88.6 Å². The second kappa shape index (κ2) is 5.91. The monoisotopic (exact) mass is 329 g/mol. The van der Waals surface area contributed by atoms with E-state index in [1.54, 1.807) is 59.2 Å². The van der Waals surface area contributed by atoms with Gasteiger partial charge in [0.15, 0.2) is 5.43 Å². The van der Waals surface area contributed by atoms with E-state index in [2.05, 4.69) is 0 Å². The fourth-order valence-corrected chi connectivity index (χ4v) is 3.16. The first-order chi connectivity index (χ1) is 12.2. The fraction of sp³-hybridized carbons (Fsp3) is 0.0476. The van der Waals surface area contributed by atoms with Crippen LogP contribution in [0.15, 0.2) is 77.6 Å². The zero-order valence-corrected chi connectivity index (χ0v) is 13.6. The molecule has 1 aromatic heterocycles. The number of pyridine rings is 1. The summed E-state index contributed by atoms with van der Waals surface area (Å²) >= 11 is 0. The van der Waals surface area contributed by atoms with Crippen molar-refractivity contribution >= 4 is 27.7 Å². The van der Waals surface area contributed by atoms with Gasteiger partial charge in [-0.2, -0.15) is 0 Å². The van der Waals surface area contributed by atoms with Gasteiger partial charge in [0.2, 0.25) is 0 Å². The van der Waals surface area contributed by atoms with Crippen LogP contribution in [-0.4, -0.2) is 17.6 Å². The van der Waals surface area contributed by atoms with Crippen molar-refractivity contribution < 1.29 is 9.53 Å². The lowest BCUT2D eigenvalue weighted by molar-refractivity contribution is 0.0966. The number of hydrogen-bond acceptors (Lipinski definition) is 3. The molecule has 0 fully saturated rings. The Bertz CT molecular complexity index is 1110. The molecule has 0 bridgehead atoms. The standard InChI is InChI=1S/C21H15NO3/c1-25-19-13-7-4-10-16(19)21(24)22-17-11-5-2-8-14(17)20(23)15-9-3-6-12-18(15)22/h2-13H,1H3. The maximum absolute atomic E-state index is 13.3. The minimum absolute atomic E-state index is 0.0738. The molecule has 122 valence electrons. The number of carbonyl (C=O) groups excluding carboxylic acids is 1. The van der Waals surface area contributed by atoms with Crippen LogP contribution in [0, 0.1) is 0 Å². The number of ether oxygens (including phenoxy) is 1. The normalized spacial score (nSPS) is 10.9. The summed E-state index contributed by atoms with van der Waals surface area (Å²) in [5.41, 5.74) is 1.54. The van der Waals surface area contributed by atoms with Crippen LogP contribution < -0.4 is 10.2 Å². The summed E-state index contributed by atoms with van der Waals surface area (Å²) in [4.78, 5) is 26.1. The van der Waals surface area contributed by atoms with Crippen molar-refractivity contribution in [2.75, 3.05) is 7.11 Å². The van der Waals surface area contributed by atoms with E-state index in [1.165, 1.54) is 7.11 Å². The number of fused-ring (bicyclic) bond motifs is 2. The molecule has 4 heteroatoms. The third-order valence-electron chi connectivity index (χ3n) is 4.32. The summed E-state index contributed by atoms with van der Waals surface area (Å²) in [6.07, 6.45) is 0. The highest BCUT2D eigenvalue weighted by molar-refractivity contribution is 6.09. The third kappa shape index (κ3) is 2.31. The minimum atomic E-state index is -0.232. The predicted molar refractivity (Wildman–Crippen MR) is 98.4 cm³/mol. The number of rotatable bonds is 2. The molecule has 3 aromatic carbocycles. The number of hydrogen-bond donors (Lipinski definition) is 0. The number of benzene rings is 3. The number of nitrogens with zero attached hydrogens (tertiary/aromatic N) is 1. The Morgan fingerprint density at radius 3 is 1.92 bits per heavy atom. The maximum atomic E-state index is 13.3. The Kier molecular flexibility index (Phi) is 3.58. The van der Waals surface area contributed by atoms with Gasteiger partial charge in [0.1, 0.15) is 5.75 Å². The molecule has 0 N–H and O–H groups in total.